The van der Waals surface area contributed by atoms with Crippen molar-refractivity contribution in [2.45, 2.75) is 13.1 Å². The van der Waals surface area contributed by atoms with E-state index in [4.69, 9.17) is 0 Å². The number of aromatic nitrogens is 1. The Bertz CT molecular complexity index is 291. The number of hydrogen-bond acceptors (Lipinski definition) is 2. The average molecular weight is 191 g/mol. The zero-order valence-corrected chi connectivity index (χ0v) is 6.93. The van der Waals surface area contributed by atoms with Gasteiger partial charge in [0.15, 0.2) is 0 Å². The maximum absolute atomic E-state index is 12.3. The Morgan fingerprint density at radius 1 is 1.54 bits per heavy atom. The van der Waals surface area contributed by atoms with Gasteiger partial charge in [-0.05, 0) is 6.07 Å². The molecular formula is C8H8F3NO. The number of rotatable bonds is 3. The first-order valence-corrected chi connectivity index (χ1v) is 3.56. The van der Waals surface area contributed by atoms with E-state index in [0.717, 1.165) is 6.07 Å². The Hall–Kier alpha value is -1.26. The lowest BCUT2D eigenvalue weighted by atomic mass is 10.1. The smallest absolute Gasteiger partial charge is 0.264 e. The van der Waals surface area contributed by atoms with Gasteiger partial charge >= 0.3 is 0 Å². The summed E-state index contributed by atoms with van der Waals surface area (Å²) in [5, 5.41) is 0. The quantitative estimate of drug-likeness (QED) is 0.732. The van der Waals surface area contributed by atoms with E-state index >= 15 is 0 Å². The molecular weight excluding hydrogens is 183 g/mol. The number of alkyl halides is 3. The van der Waals surface area contributed by atoms with Gasteiger partial charge in [0, 0.05) is 11.8 Å². The van der Waals surface area contributed by atoms with Crippen molar-refractivity contribution in [1.29, 1.82) is 0 Å². The molecule has 0 saturated heterocycles. The van der Waals surface area contributed by atoms with Crippen LogP contribution >= 0.6 is 0 Å². The molecule has 1 rings (SSSR count). The maximum atomic E-state index is 12.3. The Kier molecular flexibility index (Phi) is 3.11. The van der Waals surface area contributed by atoms with Crippen LogP contribution in [0.2, 0.25) is 0 Å². The number of hydrogen-bond donors (Lipinski definition) is 0. The molecule has 0 bridgehead atoms. The molecule has 0 aliphatic carbocycles. The SMILES string of the molecule is COc1nccc(C(F)F)c1CF. The van der Waals surface area contributed by atoms with Gasteiger partial charge in [-0.1, -0.05) is 0 Å². The van der Waals surface area contributed by atoms with Crippen LogP contribution in [-0.2, 0) is 6.67 Å². The number of methoxy groups -OCH3 is 1. The van der Waals surface area contributed by atoms with Crippen LogP contribution in [-0.4, -0.2) is 12.1 Å². The number of pyridine rings is 1. The summed E-state index contributed by atoms with van der Waals surface area (Å²) >= 11 is 0. The molecule has 5 heteroatoms. The van der Waals surface area contributed by atoms with Crippen molar-refractivity contribution >= 4 is 0 Å². The van der Waals surface area contributed by atoms with E-state index in [9.17, 15) is 13.2 Å². The zero-order valence-electron chi connectivity index (χ0n) is 6.93. The number of halogens is 3. The molecule has 0 amide bonds. The third kappa shape index (κ3) is 1.91. The Morgan fingerprint density at radius 2 is 2.23 bits per heavy atom. The lowest BCUT2D eigenvalue weighted by Gasteiger charge is -2.08. The normalized spacial score (nSPS) is 10.5. The average Bonchev–Trinajstić information content (AvgIpc) is 2.16. The van der Waals surface area contributed by atoms with Crippen LogP contribution in [0, 0.1) is 0 Å². The summed E-state index contributed by atoms with van der Waals surface area (Å²) in [5.41, 5.74) is -0.547. The fraction of sp³-hybridized carbons (Fsp3) is 0.375. The van der Waals surface area contributed by atoms with E-state index in [0.29, 0.717) is 0 Å². The van der Waals surface area contributed by atoms with Crippen molar-refractivity contribution in [3.8, 4) is 5.88 Å². The van der Waals surface area contributed by atoms with Gasteiger partial charge in [0.25, 0.3) is 6.43 Å². The standard InChI is InChI=1S/C8H8F3NO/c1-13-8-6(4-9)5(7(10)11)2-3-12-8/h2-3,7H,4H2,1H3. The van der Waals surface area contributed by atoms with Gasteiger partial charge in [0.2, 0.25) is 5.88 Å². The van der Waals surface area contributed by atoms with Crippen molar-refractivity contribution < 1.29 is 17.9 Å². The Morgan fingerprint density at radius 3 is 2.69 bits per heavy atom. The molecule has 0 spiro atoms. The fourth-order valence-electron chi connectivity index (χ4n) is 1.00. The molecule has 1 heterocycles. The molecule has 0 atom stereocenters. The summed E-state index contributed by atoms with van der Waals surface area (Å²) in [6.45, 7) is -1.00. The molecule has 0 aromatic carbocycles. The van der Waals surface area contributed by atoms with Gasteiger partial charge in [0.05, 0.1) is 12.7 Å². The summed E-state index contributed by atoms with van der Waals surface area (Å²) in [4.78, 5) is 3.62. The highest BCUT2D eigenvalue weighted by atomic mass is 19.3. The Balaban J connectivity index is 3.19. The van der Waals surface area contributed by atoms with E-state index in [1.54, 1.807) is 0 Å². The topological polar surface area (TPSA) is 22.1 Å². The summed E-state index contributed by atoms with van der Waals surface area (Å²) in [6.07, 6.45) is -1.54. The fourth-order valence-corrected chi connectivity index (χ4v) is 1.00. The summed E-state index contributed by atoms with van der Waals surface area (Å²) in [7, 11) is 1.26. The van der Waals surface area contributed by atoms with Gasteiger partial charge in [-0.2, -0.15) is 0 Å². The summed E-state index contributed by atoms with van der Waals surface area (Å²) in [6, 6.07) is 1.09. The minimum absolute atomic E-state index is 0.0831. The maximum Gasteiger partial charge on any atom is 0.264 e. The molecule has 0 radical (unpaired) electrons. The summed E-state index contributed by atoms with van der Waals surface area (Å²) in [5.74, 6) is -0.0831. The highest BCUT2D eigenvalue weighted by Crippen LogP contribution is 2.28. The molecule has 0 aliphatic rings. The van der Waals surface area contributed by atoms with Crippen LogP contribution in [0.15, 0.2) is 12.3 Å². The number of nitrogens with zero attached hydrogens (tertiary/aromatic N) is 1. The second-order valence-corrected chi connectivity index (χ2v) is 2.32. The van der Waals surface area contributed by atoms with E-state index in [-0.39, 0.29) is 17.0 Å². The molecule has 72 valence electrons. The Labute approximate surface area is 73.4 Å². The van der Waals surface area contributed by atoms with Crippen molar-refractivity contribution in [2.75, 3.05) is 7.11 Å². The van der Waals surface area contributed by atoms with E-state index in [1.807, 2.05) is 0 Å². The molecule has 2 nitrogen and oxygen atoms in total. The van der Waals surface area contributed by atoms with E-state index in [1.165, 1.54) is 13.3 Å². The van der Waals surface area contributed by atoms with Crippen LogP contribution in [0.3, 0.4) is 0 Å². The van der Waals surface area contributed by atoms with Crippen molar-refractivity contribution in [2.24, 2.45) is 0 Å². The largest absolute Gasteiger partial charge is 0.481 e. The van der Waals surface area contributed by atoms with Crippen LogP contribution in [0.25, 0.3) is 0 Å². The van der Waals surface area contributed by atoms with Crippen LogP contribution in [0.4, 0.5) is 13.2 Å². The first-order chi connectivity index (χ1) is 6.20. The van der Waals surface area contributed by atoms with Crippen LogP contribution in [0.5, 0.6) is 5.88 Å². The lowest BCUT2D eigenvalue weighted by Crippen LogP contribution is -1.99. The van der Waals surface area contributed by atoms with Gasteiger partial charge in [-0.3, -0.25) is 0 Å². The zero-order chi connectivity index (χ0) is 9.84. The minimum atomic E-state index is -2.71. The highest BCUT2D eigenvalue weighted by Gasteiger charge is 2.17. The highest BCUT2D eigenvalue weighted by molar-refractivity contribution is 5.34. The van der Waals surface area contributed by atoms with Crippen LogP contribution in [0.1, 0.15) is 17.6 Å². The molecule has 0 fully saturated rings. The first-order valence-electron chi connectivity index (χ1n) is 3.56. The predicted molar refractivity (Wildman–Crippen MR) is 40.6 cm³/mol. The third-order valence-corrected chi connectivity index (χ3v) is 1.61. The molecule has 1 aromatic rings. The van der Waals surface area contributed by atoms with Crippen molar-refractivity contribution in [1.82, 2.24) is 4.98 Å². The monoisotopic (exact) mass is 191 g/mol. The number of ether oxygens (including phenoxy) is 1. The molecule has 0 saturated carbocycles. The molecule has 1 aromatic heterocycles. The molecule has 13 heavy (non-hydrogen) atoms. The van der Waals surface area contributed by atoms with Crippen molar-refractivity contribution in [3.63, 3.8) is 0 Å². The van der Waals surface area contributed by atoms with E-state index in [2.05, 4.69) is 9.72 Å². The van der Waals surface area contributed by atoms with Crippen LogP contribution < -0.4 is 4.74 Å². The third-order valence-electron chi connectivity index (χ3n) is 1.61. The van der Waals surface area contributed by atoms with Crippen molar-refractivity contribution in [3.05, 3.63) is 23.4 Å². The molecule has 0 unspecified atom stereocenters. The second-order valence-electron chi connectivity index (χ2n) is 2.32. The molecule has 0 N–H and O–H groups in total. The summed E-state index contributed by atoms with van der Waals surface area (Å²) < 4.78 is 41.5. The van der Waals surface area contributed by atoms with Gasteiger partial charge in [-0.25, -0.2) is 18.2 Å². The molecule has 0 aliphatic heterocycles. The second kappa shape index (κ2) is 4.11. The van der Waals surface area contributed by atoms with Gasteiger partial charge in [0.1, 0.15) is 6.67 Å². The van der Waals surface area contributed by atoms with E-state index < -0.39 is 13.1 Å². The minimum Gasteiger partial charge on any atom is -0.481 e. The predicted octanol–water partition coefficient (Wildman–Crippen LogP) is 2.50. The lowest BCUT2D eigenvalue weighted by molar-refractivity contribution is 0.148. The van der Waals surface area contributed by atoms with Gasteiger partial charge < -0.3 is 4.74 Å². The van der Waals surface area contributed by atoms with Gasteiger partial charge in [-0.15, -0.1) is 0 Å². The first kappa shape index (κ1) is 9.83.